The molecule has 2 rings (SSSR count). The summed E-state index contributed by atoms with van der Waals surface area (Å²) in [5.74, 6) is -0.0136. The lowest BCUT2D eigenvalue weighted by Crippen LogP contribution is -2.66. The van der Waals surface area contributed by atoms with Crippen LogP contribution in [0.1, 0.15) is 20.3 Å². The second-order valence-corrected chi connectivity index (χ2v) is 6.65. The summed E-state index contributed by atoms with van der Waals surface area (Å²) < 4.78 is 11.3. The van der Waals surface area contributed by atoms with E-state index in [1.807, 2.05) is 13.8 Å². The Morgan fingerprint density at radius 1 is 1.22 bits per heavy atom. The Hall–Kier alpha value is -0.295. The Morgan fingerprint density at radius 2 is 1.87 bits per heavy atom. The van der Waals surface area contributed by atoms with Crippen LogP contribution in [0.2, 0.25) is 0 Å². The lowest BCUT2D eigenvalue weighted by molar-refractivity contribution is -0.312. The van der Waals surface area contributed by atoms with E-state index in [1.54, 1.807) is 7.98 Å². The lowest BCUT2D eigenvalue weighted by atomic mass is 9.83. The van der Waals surface area contributed by atoms with Gasteiger partial charge in [-0.2, -0.15) is 0 Å². The van der Waals surface area contributed by atoms with Crippen LogP contribution in [0.25, 0.3) is 0 Å². The van der Waals surface area contributed by atoms with Crippen LogP contribution in [0.3, 0.4) is 0 Å². The molecule has 1 heterocycles. The molecule has 0 aromatic heterocycles. The van der Waals surface area contributed by atoms with Gasteiger partial charge in [0.15, 0.2) is 20.5 Å². The Balaban J connectivity index is 2.05. The van der Waals surface area contributed by atoms with Gasteiger partial charge in [0.25, 0.3) is 0 Å². The summed E-state index contributed by atoms with van der Waals surface area (Å²) >= 11 is 0. The fourth-order valence-corrected chi connectivity index (χ4v) is 3.16. The number of morpholine rings is 1. The van der Waals surface area contributed by atoms with Crippen molar-refractivity contribution in [1.29, 1.82) is 0 Å². The molecule has 7 unspecified atom stereocenters. The van der Waals surface area contributed by atoms with Crippen LogP contribution >= 0.6 is 0 Å². The highest BCUT2D eigenvalue weighted by Crippen LogP contribution is 2.26. The van der Waals surface area contributed by atoms with Gasteiger partial charge in [0.05, 0.1) is 6.10 Å². The van der Waals surface area contributed by atoms with Crippen molar-refractivity contribution in [3.63, 3.8) is 0 Å². The molecule has 10 heteroatoms. The lowest BCUT2D eigenvalue weighted by Gasteiger charge is -2.45. The summed E-state index contributed by atoms with van der Waals surface area (Å²) in [5, 5.41) is 45.7. The first kappa shape index (κ1) is 19.0. The molecule has 0 amide bonds. The second-order valence-electron chi connectivity index (χ2n) is 6.65. The van der Waals surface area contributed by atoms with E-state index in [9.17, 15) is 20.4 Å². The van der Waals surface area contributed by atoms with Gasteiger partial charge in [0.2, 0.25) is 0 Å². The average Bonchev–Trinajstić information content (AvgIpc) is 2.48. The van der Waals surface area contributed by atoms with Crippen LogP contribution in [0.4, 0.5) is 0 Å². The summed E-state index contributed by atoms with van der Waals surface area (Å²) in [6.45, 7) is 3.74. The molecule has 0 aromatic carbocycles. The van der Waals surface area contributed by atoms with E-state index in [0.717, 1.165) is 0 Å². The molecule has 8 N–H and O–H groups in total. The highest BCUT2D eigenvalue weighted by Gasteiger charge is 2.46. The van der Waals surface area contributed by atoms with Gasteiger partial charge in [-0.05, 0) is 12.3 Å². The number of ether oxygens (including phenoxy) is 2. The Kier molecular flexibility index (Phi) is 6.39. The second kappa shape index (κ2) is 7.73. The molecule has 0 aromatic rings. The van der Waals surface area contributed by atoms with Crippen LogP contribution in [0.5, 0.6) is 0 Å². The van der Waals surface area contributed by atoms with E-state index >= 15 is 0 Å². The third-order valence-corrected chi connectivity index (χ3v) is 4.57. The SMILES string of the molecule is BNC1CC(N)C(OC2OC(C(C)C)[C@@H](O)N[C@H]2O)C(O)C1O. The standard InChI is InChI=1S/C13H28BN3O6/c1-4(2)9-11(20)16-12(21)13(22-9)23-10-5(15)3-6(17-14)7(18)8(10)19/h4-13,16-21H,3,14-15H2,1-2H3/t5?,6?,7?,8?,9?,10?,11-,12+,13?/m1/s1. The number of nitrogens with two attached hydrogens (primary N) is 1. The van der Waals surface area contributed by atoms with Gasteiger partial charge >= 0.3 is 0 Å². The Morgan fingerprint density at radius 3 is 2.43 bits per heavy atom. The summed E-state index contributed by atoms with van der Waals surface area (Å²) in [7, 11) is 1.68. The van der Waals surface area contributed by atoms with E-state index < -0.39 is 49.2 Å². The zero-order valence-corrected chi connectivity index (χ0v) is 13.7. The summed E-state index contributed by atoms with van der Waals surface area (Å²) in [6.07, 6.45) is -6.69. The van der Waals surface area contributed by atoms with E-state index in [-0.39, 0.29) is 12.0 Å². The first-order valence-corrected chi connectivity index (χ1v) is 7.98. The smallest absolute Gasteiger partial charge is 0.198 e. The molecule has 2 fully saturated rings. The van der Waals surface area contributed by atoms with Crippen molar-refractivity contribution in [2.75, 3.05) is 0 Å². The maximum Gasteiger partial charge on any atom is 0.198 e. The van der Waals surface area contributed by atoms with Gasteiger partial charge < -0.3 is 40.9 Å². The number of aliphatic hydroxyl groups excluding tert-OH is 4. The molecule has 9 atom stereocenters. The Labute approximate surface area is 136 Å². The number of aliphatic hydroxyl groups is 4. The highest BCUT2D eigenvalue weighted by molar-refractivity contribution is 6.04. The molecule has 23 heavy (non-hydrogen) atoms. The van der Waals surface area contributed by atoms with Crippen molar-refractivity contribution in [2.24, 2.45) is 11.7 Å². The zero-order chi connectivity index (χ0) is 17.3. The first-order chi connectivity index (χ1) is 10.8. The topological polar surface area (TPSA) is 149 Å². The first-order valence-electron chi connectivity index (χ1n) is 7.98. The van der Waals surface area contributed by atoms with Crippen molar-refractivity contribution < 1.29 is 29.9 Å². The minimum Gasteiger partial charge on any atom is -0.389 e. The molecule has 134 valence electrons. The number of hydrogen-bond donors (Lipinski definition) is 7. The Bertz CT molecular complexity index is 393. The highest BCUT2D eigenvalue weighted by atomic mass is 16.7. The van der Waals surface area contributed by atoms with Gasteiger partial charge in [-0.15, -0.1) is 0 Å². The molecule has 0 spiro atoms. The van der Waals surface area contributed by atoms with E-state index in [1.165, 1.54) is 0 Å². The molecule has 0 radical (unpaired) electrons. The predicted molar refractivity (Wildman–Crippen MR) is 83.6 cm³/mol. The van der Waals surface area contributed by atoms with Crippen molar-refractivity contribution >= 4 is 7.98 Å². The fraction of sp³-hybridized carbons (Fsp3) is 1.00. The van der Waals surface area contributed by atoms with Crippen LogP contribution in [0, 0.1) is 5.92 Å². The number of hydrogen-bond acceptors (Lipinski definition) is 9. The van der Waals surface area contributed by atoms with Gasteiger partial charge in [0, 0.05) is 12.1 Å². The maximum atomic E-state index is 10.3. The molecule has 1 saturated carbocycles. The molecule has 2 aliphatic rings. The van der Waals surface area contributed by atoms with Crippen LogP contribution < -0.4 is 16.3 Å². The zero-order valence-electron chi connectivity index (χ0n) is 13.7. The number of nitrogens with one attached hydrogen (secondary N) is 2. The normalized spacial score (nSPS) is 48.6. The van der Waals surface area contributed by atoms with Crippen molar-refractivity contribution in [2.45, 2.75) is 75.5 Å². The monoisotopic (exact) mass is 333 g/mol. The van der Waals surface area contributed by atoms with Gasteiger partial charge in [0.1, 0.15) is 24.5 Å². The minimum atomic E-state index is -1.27. The third-order valence-electron chi connectivity index (χ3n) is 4.57. The van der Waals surface area contributed by atoms with Gasteiger partial charge in [-0.25, -0.2) is 0 Å². The minimum absolute atomic E-state index is 0.0136. The third kappa shape index (κ3) is 4.03. The predicted octanol–water partition coefficient (Wildman–Crippen LogP) is -4.06. The van der Waals surface area contributed by atoms with E-state index in [0.29, 0.717) is 6.42 Å². The van der Waals surface area contributed by atoms with Crippen molar-refractivity contribution in [1.82, 2.24) is 10.5 Å². The molecule has 1 saturated heterocycles. The van der Waals surface area contributed by atoms with Gasteiger partial charge in [-0.1, -0.05) is 13.8 Å². The molecular formula is C13H28BN3O6. The average molecular weight is 333 g/mol. The van der Waals surface area contributed by atoms with E-state index in [4.69, 9.17) is 15.2 Å². The van der Waals surface area contributed by atoms with Crippen LogP contribution in [-0.2, 0) is 9.47 Å². The maximum absolute atomic E-state index is 10.3. The molecule has 1 aliphatic carbocycles. The van der Waals surface area contributed by atoms with Gasteiger partial charge in [-0.3, -0.25) is 5.32 Å². The van der Waals surface area contributed by atoms with Crippen LogP contribution in [-0.4, -0.2) is 83.7 Å². The van der Waals surface area contributed by atoms with Crippen molar-refractivity contribution in [3.8, 4) is 0 Å². The molecular weight excluding hydrogens is 305 g/mol. The largest absolute Gasteiger partial charge is 0.389 e. The molecule has 9 nitrogen and oxygen atoms in total. The molecule has 1 aliphatic heterocycles. The van der Waals surface area contributed by atoms with Crippen LogP contribution in [0.15, 0.2) is 0 Å². The summed E-state index contributed by atoms with van der Waals surface area (Å²) in [4.78, 5) is 0. The summed E-state index contributed by atoms with van der Waals surface area (Å²) in [6, 6.07) is -0.869. The van der Waals surface area contributed by atoms with E-state index in [2.05, 4.69) is 10.5 Å². The quantitative estimate of drug-likeness (QED) is 0.255. The molecule has 0 bridgehead atoms. The fourth-order valence-electron chi connectivity index (χ4n) is 3.16. The number of rotatable bonds is 4. The van der Waals surface area contributed by atoms with Crippen molar-refractivity contribution in [3.05, 3.63) is 0 Å². The summed E-state index contributed by atoms with van der Waals surface area (Å²) in [5.41, 5.74) is 6.04.